The predicted molar refractivity (Wildman–Crippen MR) is 117 cm³/mol. The number of fused-ring (bicyclic) bond motifs is 1. The van der Waals surface area contributed by atoms with Gasteiger partial charge in [-0.3, -0.25) is 4.79 Å². The first kappa shape index (κ1) is 22.3. The molecule has 0 amide bonds. The van der Waals surface area contributed by atoms with Gasteiger partial charge in [-0.1, -0.05) is 39.7 Å². The minimum atomic E-state index is -3.60. The van der Waals surface area contributed by atoms with Gasteiger partial charge in [-0.15, -0.1) is 0 Å². The van der Waals surface area contributed by atoms with E-state index in [-0.39, 0.29) is 16.9 Å². The summed E-state index contributed by atoms with van der Waals surface area (Å²) in [6, 6.07) is 10.1. The Kier molecular flexibility index (Phi) is 7.37. The van der Waals surface area contributed by atoms with Crippen LogP contribution >= 0.6 is 27.5 Å². The zero-order valence-corrected chi connectivity index (χ0v) is 19.2. The van der Waals surface area contributed by atoms with Gasteiger partial charge in [-0.25, -0.2) is 13.1 Å². The van der Waals surface area contributed by atoms with E-state index in [9.17, 15) is 13.2 Å². The number of ether oxygens (including phenoxy) is 1. The van der Waals surface area contributed by atoms with E-state index in [1.807, 2.05) is 0 Å². The van der Waals surface area contributed by atoms with Gasteiger partial charge in [-0.05, 0) is 72.2 Å². The summed E-state index contributed by atoms with van der Waals surface area (Å²) in [6.45, 7) is 0. The molecule has 156 valence electrons. The molecule has 2 aromatic rings. The Hall–Kier alpha value is -1.41. The number of sulfonamides is 1. The molecule has 8 heteroatoms. The lowest BCUT2D eigenvalue weighted by atomic mass is 9.83. The third kappa shape index (κ3) is 5.40. The molecule has 1 N–H and O–H groups in total. The van der Waals surface area contributed by atoms with Crippen molar-refractivity contribution in [2.45, 2.75) is 48.4 Å². The van der Waals surface area contributed by atoms with Gasteiger partial charge in [0.2, 0.25) is 10.0 Å². The van der Waals surface area contributed by atoms with Crippen LogP contribution in [-0.4, -0.2) is 27.5 Å². The van der Waals surface area contributed by atoms with Crippen LogP contribution in [0.25, 0.3) is 0 Å². The van der Waals surface area contributed by atoms with Crippen LogP contribution < -0.4 is 4.72 Å². The van der Waals surface area contributed by atoms with E-state index < -0.39 is 10.0 Å². The standard InChI is InChI=1S/C21H23BrClNO4S/c1-28-21(25)11-10-20-15(13-22)3-2-14-12-17(6-9-19(14)20)24-29(26,27)18-7-4-16(23)5-8-18/h2-5,7-8,17,24H,6,9-13H2,1H3. The fourth-order valence-electron chi connectivity index (χ4n) is 3.75. The molecule has 1 aliphatic rings. The Morgan fingerprint density at radius 1 is 1.24 bits per heavy atom. The highest BCUT2D eigenvalue weighted by atomic mass is 79.9. The van der Waals surface area contributed by atoms with E-state index in [4.69, 9.17) is 16.3 Å². The number of nitrogens with one attached hydrogen (secondary N) is 1. The molecule has 0 fully saturated rings. The van der Waals surface area contributed by atoms with E-state index in [1.165, 1.54) is 30.4 Å². The summed E-state index contributed by atoms with van der Waals surface area (Å²) in [4.78, 5) is 11.8. The fraction of sp³-hybridized carbons (Fsp3) is 0.381. The first-order chi connectivity index (χ1) is 13.8. The molecule has 0 saturated heterocycles. The van der Waals surface area contributed by atoms with E-state index >= 15 is 0 Å². The van der Waals surface area contributed by atoms with Crippen LogP contribution in [0.15, 0.2) is 41.3 Å². The lowest BCUT2D eigenvalue weighted by Gasteiger charge is -2.28. The molecule has 0 heterocycles. The number of hydrogen-bond acceptors (Lipinski definition) is 4. The van der Waals surface area contributed by atoms with E-state index in [2.05, 4.69) is 32.8 Å². The maximum atomic E-state index is 12.7. The van der Waals surface area contributed by atoms with Gasteiger partial charge < -0.3 is 4.74 Å². The molecule has 0 aromatic heterocycles. The van der Waals surface area contributed by atoms with Crippen molar-refractivity contribution in [1.29, 1.82) is 0 Å². The van der Waals surface area contributed by atoms with Gasteiger partial charge in [-0.2, -0.15) is 0 Å². The van der Waals surface area contributed by atoms with Crippen LogP contribution in [0.5, 0.6) is 0 Å². The van der Waals surface area contributed by atoms with Crippen molar-refractivity contribution in [3.63, 3.8) is 0 Å². The monoisotopic (exact) mass is 499 g/mol. The summed E-state index contributed by atoms with van der Waals surface area (Å²) in [5, 5.41) is 1.21. The van der Waals surface area contributed by atoms with Crippen LogP contribution in [0.4, 0.5) is 0 Å². The Bertz CT molecular complexity index is 992. The quantitative estimate of drug-likeness (QED) is 0.457. The lowest BCUT2D eigenvalue weighted by molar-refractivity contribution is -0.140. The number of methoxy groups -OCH3 is 1. The average Bonchev–Trinajstić information content (AvgIpc) is 2.71. The van der Waals surface area contributed by atoms with E-state index in [0.717, 1.165) is 17.5 Å². The highest BCUT2D eigenvalue weighted by Crippen LogP contribution is 2.30. The third-order valence-corrected chi connectivity index (χ3v) is 7.62. The van der Waals surface area contributed by atoms with Crippen molar-refractivity contribution in [3.05, 3.63) is 63.7 Å². The van der Waals surface area contributed by atoms with E-state index in [0.29, 0.717) is 36.0 Å². The third-order valence-electron chi connectivity index (χ3n) is 5.23. The molecule has 0 saturated carbocycles. The topological polar surface area (TPSA) is 72.5 Å². The minimum Gasteiger partial charge on any atom is -0.469 e. The van der Waals surface area contributed by atoms with Gasteiger partial charge in [0.05, 0.1) is 12.0 Å². The Morgan fingerprint density at radius 2 is 1.97 bits per heavy atom. The molecule has 0 aliphatic heterocycles. The number of halogens is 2. The highest BCUT2D eigenvalue weighted by molar-refractivity contribution is 9.08. The number of carbonyl (C=O) groups excluding carboxylic acids is 1. The fourth-order valence-corrected chi connectivity index (χ4v) is 5.67. The van der Waals surface area contributed by atoms with Gasteiger partial charge in [0, 0.05) is 22.8 Å². The van der Waals surface area contributed by atoms with Gasteiger partial charge in [0.25, 0.3) is 0 Å². The Balaban J connectivity index is 1.78. The van der Waals surface area contributed by atoms with Crippen molar-refractivity contribution in [1.82, 2.24) is 4.72 Å². The molecule has 0 spiro atoms. The molecule has 3 rings (SSSR count). The molecule has 5 nitrogen and oxygen atoms in total. The zero-order chi connectivity index (χ0) is 21.0. The first-order valence-electron chi connectivity index (χ1n) is 9.37. The lowest BCUT2D eigenvalue weighted by Crippen LogP contribution is -2.39. The molecule has 0 radical (unpaired) electrons. The zero-order valence-electron chi connectivity index (χ0n) is 16.1. The van der Waals surface area contributed by atoms with Gasteiger partial charge >= 0.3 is 5.97 Å². The second-order valence-electron chi connectivity index (χ2n) is 7.07. The van der Waals surface area contributed by atoms with E-state index in [1.54, 1.807) is 12.1 Å². The second kappa shape index (κ2) is 9.60. The first-order valence-corrected chi connectivity index (χ1v) is 12.4. The van der Waals surface area contributed by atoms with Crippen molar-refractivity contribution < 1.29 is 17.9 Å². The summed E-state index contributed by atoms with van der Waals surface area (Å²) < 4.78 is 33.0. The largest absolute Gasteiger partial charge is 0.469 e. The number of rotatable bonds is 7. The van der Waals surface area contributed by atoms with Gasteiger partial charge in [0.15, 0.2) is 0 Å². The number of esters is 1. The molecule has 2 aromatic carbocycles. The maximum Gasteiger partial charge on any atom is 0.305 e. The number of carbonyl (C=O) groups is 1. The second-order valence-corrected chi connectivity index (χ2v) is 9.78. The molecular weight excluding hydrogens is 478 g/mol. The van der Waals surface area contributed by atoms with Crippen molar-refractivity contribution in [2.75, 3.05) is 7.11 Å². The molecular formula is C21H23BrClNO4S. The number of benzene rings is 2. The summed E-state index contributed by atoms with van der Waals surface area (Å²) in [6.07, 6.45) is 3.05. The van der Waals surface area contributed by atoms with Crippen LogP contribution in [0, 0.1) is 0 Å². The molecule has 1 aliphatic carbocycles. The predicted octanol–water partition coefficient (Wildman–Crippen LogP) is 4.18. The summed E-state index contributed by atoms with van der Waals surface area (Å²) >= 11 is 9.38. The van der Waals surface area contributed by atoms with Crippen LogP contribution in [0.2, 0.25) is 5.02 Å². The maximum absolute atomic E-state index is 12.7. The van der Waals surface area contributed by atoms with Crippen LogP contribution in [0.3, 0.4) is 0 Å². The minimum absolute atomic E-state index is 0.175. The SMILES string of the molecule is COC(=O)CCc1c(CBr)ccc2c1CCC(NS(=O)(=O)c1ccc(Cl)cc1)C2. The van der Waals surface area contributed by atoms with Crippen molar-refractivity contribution >= 4 is 43.5 Å². The molecule has 1 atom stereocenters. The molecule has 29 heavy (non-hydrogen) atoms. The highest BCUT2D eigenvalue weighted by Gasteiger charge is 2.26. The summed E-state index contributed by atoms with van der Waals surface area (Å²) in [5.74, 6) is -0.229. The molecule has 0 bridgehead atoms. The summed E-state index contributed by atoms with van der Waals surface area (Å²) in [5.41, 5.74) is 4.69. The Morgan fingerprint density at radius 3 is 2.62 bits per heavy atom. The summed E-state index contributed by atoms with van der Waals surface area (Å²) in [7, 11) is -2.21. The number of hydrogen-bond donors (Lipinski definition) is 1. The molecule has 1 unspecified atom stereocenters. The van der Waals surface area contributed by atoms with Crippen molar-refractivity contribution in [3.8, 4) is 0 Å². The van der Waals surface area contributed by atoms with Gasteiger partial charge in [0.1, 0.15) is 0 Å². The van der Waals surface area contributed by atoms with Crippen molar-refractivity contribution in [2.24, 2.45) is 0 Å². The Labute approximate surface area is 185 Å². The average molecular weight is 501 g/mol. The number of alkyl halides is 1. The van der Waals surface area contributed by atoms with Crippen LogP contribution in [0.1, 0.15) is 35.1 Å². The van der Waals surface area contributed by atoms with Crippen LogP contribution in [-0.2, 0) is 44.1 Å². The smallest absolute Gasteiger partial charge is 0.305 e. The normalized spacial score (nSPS) is 16.3.